The summed E-state index contributed by atoms with van der Waals surface area (Å²) in [5.41, 5.74) is 8.50. The molecule has 0 atom stereocenters. The van der Waals surface area contributed by atoms with E-state index in [1.54, 1.807) is 18.2 Å². The molecule has 3 rings (SSSR count). The van der Waals surface area contributed by atoms with E-state index < -0.39 is 5.91 Å². The monoisotopic (exact) mass is 336 g/mol. The van der Waals surface area contributed by atoms with Crippen LogP contribution in [0.15, 0.2) is 48.5 Å². The molecule has 1 aliphatic heterocycles. The highest BCUT2D eigenvalue weighted by Gasteiger charge is 2.11. The molecular formula is C20H20N2O3. The molecule has 1 aliphatic rings. The van der Waals surface area contributed by atoms with Gasteiger partial charge in [-0.25, -0.2) is 0 Å². The number of benzene rings is 2. The first-order chi connectivity index (χ1) is 12.2. The molecule has 25 heavy (non-hydrogen) atoms. The Hall–Kier alpha value is -3.08. The summed E-state index contributed by atoms with van der Waals surface area (Å²) in [7, 11) is 0. The van der Waals surface area contributed by atoms with E-state index in [1.807, 2.05) is 30.3 Å². The minimum atomic E-state index is -0.393. The Bertz CT molecular complexity index is 810. The maximum Gasteiger partial charge on any atom is 0.269 e. The molecule has 128 valence electrons. The van der Waals surface area contributed by atoms with E-state index in [9.17, 15) is 9.59 Å². The summed E-state index contributed by atoms with van der Waals surface area (Å²) in [6, 6.07) is 13.1. The molecule has 0 bridgehead atoms. The van der Waals surface area contributed by atoms with Gasteiger partial charge in [-0.1, -0.05) is 25.1 Å². The van der Waals surface area contributed by atoms with Gasteiger partial charge in [-0.05, 0) is 53.5 Å². The van der Waals surface area contributed by atoms with Crippen molar-refractivity contribution < 1.29 is 14.3 Å². The van der Waals surface area contributed by atoms with E-state index >= 15 is 0 Å². The lowest BCUT2D eigenvalue weighted by Crippen LogP contribution is -2.40. The van der Waals surface area contributed by atoms with Crippen molar-refractivity contribution >= 4 is 17.9 Å². The molecule has 0 unspecified atom stereocenters. The number of hydrazine groups is 1. The molecule has 0 saturated carbocycles. The molecule has 1 heterocycles. The lowest BCUT2D eigenvalue weighted by Gasteiger charge is -2.06. The number of aryl methyl sites for hydroxylation is 1. The van der Waals surface area contributed by atoms with Crippen LogP contribution in [0.25, 0.3) is 6.08 Å². The first kappa shape index (κ1) is 16.8. The zero-order valence-electron chi connectivity index (χ0n) is 14.0. The van der Waals surface area contributed by atoms with Gasteiger partial charge in [0.05, 0.1) is 6.61 Å². The van der Waals surface area contributed by atoms with Gasteiger partial charge in [-0.15, -0.1) is 0 Å². The predicted octanol–water partition coefficient (Wildman–Crippen LogP) is 2.66. The number of nitrogens with one attached hydrogen (secondary N) is 2. The molecule has 0 aliphatic carbocycles. The van der Waals surface area contributed by atoms with Crippen molar-refractivity contribution in [1.29, 1.82) is 0 Å². The van der Waals surface area contributed by atoms with Crippen molar-refractivity contribution in [3.63, 3.8) is 0 Å². The molecule has 0 spiro atoms. The van der Waals surface area contributed by atoms with Gasteiger partial charge in [0.2, 0.25) is 0 Å². The Morgan fingerprint density at radius 1 is 1.12 bits per heavy atom. The molecule has 2 amide bonds. The Balaban J connectivity index is 1.52. The minimum absolute atomic E-state index is 0.348. The summed E-state index contributed by atoms with van der Waals surface area (Å²) in [4.78, 5) is 23.8. The molecule has 2 N–H and O–H groups in total. The Morgan fingerprint density at radius 3 is 2.68 bits per heavy atom. The zero-order chi connectivity index (χ0) is 17.6. The number of fused-ring (bicyclic) bond motifs is 1. The minimum Gasteiger partial charge on any atom is -0.493 e. The quantitative estimate of drug-likeness (QED) is 0.666. The number of rotatable bonds is 4. The largest absolute Gasteiger partial charge is 0.493 e. The third kappa shape index (κ3) is 4.26. The fourth-order valence-corrected chi connectivity index (χ4v) is 2.61. The number of hydrogen-bond acceptors (Lipinski definition) is 3. The average molecular weight is 336 g/mol. The second kappa shape index (κ2) is 7.66. The van der Waals surface area contributed by atoms with E-state index in [1.165, 1.54) is 6.08 Å². The van der Waals surface area contributed by atoms with Gasteiger partial charge in [0.1, 0.15) is 5.75 Å². The van der Waals surface area contributed by atoms with E-state index in [2.05, 4.69) is 17.8 Å². The summed E-state index contributed by atoms with van der Waals surface area (Å²) in [6.07, 6.45) is 4.89. The number of carbonyl (C=O) groups is 2. The molecule has 5 nitrogen and oxygen atoms in total. The number of amides is 2. The Morgan fingerprint density at radius 2 is 1.92 bits per heavy atom. The second-order valence-corrected chi connectivity index (χ2v) is 5.79. The maximum absolute atomic E-state index is 12.0. The van der Waals surface area contributed by atoms with Crippen LogP contribution in [0.1, 0.15) is 34.0 Å². The van der Waals surface area contributed by atoms with Crippen LogP contribution in [0.5, 0.6) is 5.75 Å². The molecule has 2 aromatic carbocycles. The van der Waals surface area contributed by atoms with Crippen molar-refractivity contribution in [3.8, 4) is 5.75 Å². The molecule has 5 heteroatoms. The summed E-state index contributed by atoms with van der Waals surface area (Å²) in [6.45, 7) is 2.75. The zero-order valence-corrected chi connectivity index (χ0v) is 14.0. The Labute approximate surface area is 146 Å². The van der Waals surface area contributed by atoms with Gasteiger partial charge < -0.3 is 4.74 Å². The average Bonchev–Trinajstić information content (AvgIpc) is 3.12. The fourth-order valence-electron chi connectivity index (χ4n) is 2.61. The van der Waals surface area contributed by atoms with Gasteiger partial charge in [0.25, 0.3) is 11.8 Å². The van der Waals surface area contributed by atoms with Crippen LogP contribution in [0.2, 0.25) is 0 Å². The maximum atomic E-state index is 12.0. The molecule has 0 radical (unpaired) electrons. The lowest BCUT2D eigenvalue weighted by molar-refractivity contribution is -0.117. The third-order valence-electron chi connectivity index (χ3n) is 4.06. The predicted molar refractivity (Wildman–Crippen MR) is 96.1 cm³/mol. The van der Waals surface area contributed by atoms with Crippen LogP contribution in [0.4, 0.5) is 0 Å². The summed E-state index contributed by atoms with van der Waals surface area (Å²) < 4.78 is 5.45. The highest BCUT2D eigenvalue weighted by molar-refractivity contribution is 5.97. The van der Waals surface area contributed by atoms with E-state index in [4.69, 9.17) is 4.74 Å². The number of ether oxygens (including phenoxy) is 1. The topological polar surface area (TPSA) is 67.4 Å². The van der Waals surface area contributed by atoms with Crippen LogP contribution < -0.4 is 15.6 Å². The van der Waals surface area contributed by atoms with Gasteiger partial charge >= 0.3 is 0 Å². The molecular weight excluding hydrogens is 316 g/mol. The van der Waals surface area contributed by atoms with Crippen molar-refractivity contribution in [1.82, 2.24) is 10.9 Å². The standard InChI is InChI=1S/C20H20N2O3/c1-2-14-3-7-16(8-4-14)20(24)22-21-19(23)10-6-15-5-9-18-17(13-15)11-12-25-18/h3-10,13H,2,11-12H2,1H3,(H,21,23)(H,22,24)/b10-6+. The number of hydrogen-bond donors (Lipinski definition) is 2. The van der Waals surface area contributed by atoms with Crippen molar-refractivity contribution in [2.75, 3.05) is 6.61 Å². The van der Waals surface area contributed by atoms with Crippen molar-refractivity contribution in [3.05, 3.63) is 70.8 Å². The van der Waals surface area contributed by atoms with Gasteiger partial charge in [-0.3, -0.25) is 20.4 Å². The van der Waals surface area contributed by atoms with Crippen LogP contribution >= 0.6 is 0 Å². The summed E-state index contributed by atoms with van der Waals surface area (Å²) in [5, 5.41) is 0. The smallest absolute Gasteiger partial charge is 0.269 e. The second-order valence-electron chi connectivity index (χ2n) is 5.79. The SMILES string of the molecule is CCc1ccc(C(=O)NNC(=O)/C=C/c2ccc3c(c2)CCO3)cc1. The van der Waals surface area contributed by atoms with Crippen molar-refractivity contribution in [2.45, 2.75) is 19.8 Å². The number of carbonyl (C=O) groups excluding carboxylic acids is 2. The van der Waals surface area contributed by atoms with Crippen LogP contribution in [0, 0.1) is 0 Å². The third-order valence-corrected chi connectivity index (χ3v) is 4.06. The van der Waals surface area contributed by atoms with E-state index in [-0.39, 0.29) is 5.91 Å². The van der Waals surface area contributed by atoms with Crippen LogP contribution in [0.3, 0.4) is 0 Å². The molecule has 2 aromatic rings. The highest BCUT2D eigenvalue weighted by atomic mass is 16.5. The first-order valence-electron chi connectivity index (χ1n) is 8.29. The molecule has 0 fully saturated rings. The molecule has 0 saturated heterocycles. The first-order valence-corrected chi connectivity index (χ1v) is 8.29. The summed E-state index contributed by atoms with van der Waals surface area (Å²) >= 11 is 0. The van der Waals surface area contributed by atoms with Crippen LogP contribution in [-0.4, -0.2) is 18.4 Å². The van der Waals surface area contributed by atoms with E-state index in [0.717, 1.165) is 35.3 Å². The fraction of sp³-hybridized carbons (Fsp3) is 0.200. The Kier molecular flexibility index (Phi) is 5.14. The van der Waals surface area contributed by atoms with Gasteiger partial charge in [0, 0.05) is 18.1 Å². The normalized spacial score (nSPS) is 12.5. The van der Waals surface area contributed by atoms with Gasteiger partial charge in [0.15, 0.2) is 0 Å². The van der Waals surface area contributed by atoms with Gasteiger partial charge in [-0.2, -0.15) is 0 Å². The van der Waals surface area contributed by atoms with E-state index in [0.29, 0.717) is 12.2 Å². The van der Waals surface area contributed by atoms with Crippen LogP contribution in [-0.2, 0) is 17.6 Å². The summed E-state index contributed by atoms with van der Waals surface area (Å²) in [5.74, 6) is 0.164. The van der Waals surface area contributed by atoms with Crippen molar-refractivity contribution in [2.24, 2.45) is 0 Å². The molecule has 0 aromatic heterocycles. The lowest BCUT2D eigenvalue weighted by atomic mass is 10.1. The highest BCUT2D eigenvalue weighted by Crippen LogP contribution is 2.26.